The number of aryl methyl sites for hydroxylation is 1. The molecule has 0 saturated carbocycles. The highest BCUT2D eigenvalue weighted by molar-refractivity contribution is 5.81. The zero-order valence-electron chi connectivity index (χ0n) is 19.8. The quantitative estimate of drug-likeness (QED) is 0.469. The van der Waals surface area contributed by atoms with Crippen molar-refractivity contribution in [1.29, 1.82) is 0 Å². The van der Waals surface area contributed by atoms with Gasteiger partial charge < -0.3 is 14.5 Å². The second-order valence-corrected chi connectivity index (χ2v) is 8.50. The molecule has 174 valence electrons. The van der Waals surface area contributed by atoms with E-state index in [0.29, 0.717) is 5.82 Å². The van der Waals surface area contributed by atoms with E-state index >= 15 is 0 Å². The number of H-pyrrole nitrogens is 1. The zero-order chi connectivity index (χ0) is 23.5. The summed E-state index contributed by atoms with van der Waals surface area (Å²) in [6.07, 6.45) is 5.40. The van der Waals surface area contributed by atoms with E-state index in [4.69, 9.17) is 14.7 Å². The van der Waals surface area contributed by atoms with Crippen LogP contribution in [0, 0.1) is 6.92 Å². The van der Waals surface area contributed by atoms with Gasteiger partial charge in [-0.3, -0.25) is 10.1 Å². The average molecular weight is 456 g/mol. The van der Waals surface area contributed by atoms with Gasteiger partial charge in [0.25, 0.3) is 0 Å². The van der Waals surface area contributed by atoms with E-state index in [-0.39, 0.29) is 0 Å². The van der Waals surface area contributed by atoms with Crippen molar-refractivity contribution in [3.8, 4) is 39.7 Å². The highest BCUT2D eigenvalue weighted by atomic mass is 16.5. The molecule has 3 aromatic heterocycles. The Bertz CT molecular complexity index is 1260. The van der Waals surface area contributed by atoms with Crippen LogP contribution in [0.4, 0.5) is 5.82 Å². The first-order chi connectivity index (χ1) is 16.6. The highest BCUT2D eigenvalue weighted by Crippen LogP contribution is 2.34. The van der Waals surface area contributed by atoms with Crippen molar-refractivity contribution in [2.45, 2.75) is 13.8 Å². The molecule has 0 aliphatic carbocycles. The molecule has 0 amide bonds. The van der Waals surface area contributed by atoms with E-state index in [1.54, 1.807) is 19.5 Å². The number of aromatic nitrogens is 5. The van der Waals surface area contributed by atoms with Crippen LogP contribution in [0.1, 0.15) is 12.5 Å². The van der Waals surface area contributed by atoms with Crippen LogP contribution in [0.5, 0.6) is 5.75 Å². The van der Waals surface area contributed by atoms with Crippen molar-refractivity contribution in [2.75, 3.05) is 44.7 Å². The average Bonchev–Trinajstić information content (AvgIpc) is 3.39. The number of rotatable bonds is 6. The Hall–Kier alpha value is -3.78. The lowest BCUT2D eigenvalue weighted by Crippen LogP contribution is -2.46. The second kappa shape index (κ2) is 9.61. The number of likely N-dealkylation sites (N-methyl/N-ethyl adjacent to an activating group) is 1. The van der Waals surface area contributed by atoms with Crippen LogP contribution in [0.2, 0.25) is 0 Å². The number of anilines is 1. The molecule has 4 aromatic rings. The first-order valence-electron chi connectivity index (χ1n) is 11.6. The predicted octanol–water partition coefficient (Wildman–Crippen LogP) is 4.05. The van der Waals surface area contributed by atoms with E-state index < -0.39 is 0 Å². The lowest BCUT2D eigenvalue weighted by atomic mass is 10.0. The molecule has 1 aromatic carbocycles. The van der Waals surface area contributed by atoms with Gasteiger partial charge in [0.15, 0.2) is 5.82 Å². The predicted molar refractivity (Wildman–Crippen MR) is 134 cm³/mol. The van der Waals surface area contributed by atoms with Crippen molar-refractivity contribution in [3.63, 3.8) is 0 Å². The summed E-state index contributed by atoms with van der Waals surface area (Å²) in [4.78, 5) is 19.0. The number of benzene rings is 1. The normalized spacial score (nSPS) is 14.4. The fourth-order valence-corrected chi connectivity index (χ4v) is 4.36. The highest BCUT2D eigenvalue weighted by Gasteiger charge is 2.21. The van der Waals surface area contributed by atoms with E-state index in [1.807, 2.05) is 30.5 Å². The van der Waals surface area contributed by atoms with E-state index in [0.717, 1.165) is 77.9 Å². The number of pyridine rings is 1. The molecule has 0 bridgehead atoms. The van der Waals surface area contributed by atoms with Crippen molar-refractivity contribution in [3.05, 3.63) is 60.6 Å². The van der Waals surface area contributed by atoms with Crippen LogP contribution in [0.25, 0.3) is 33.9 Å². The number of hydrogen-bond donors (Lipinski definition) is 1. The molecular formula is C26H29N7O. The molecule has 5 rings (SSSR count). The monoisotopic (exact) mass is 455 g/mol. The second-order valence-electron chi connectivity index (χ2n) is 8.50. The maximum Gasteiger partial charge on any atom is 0.163 e. The summed E-state index contributed by atoms with van der Waals surface area (Å²) in [5.74, 6) is 2.39. The van der Waals surface area contributed by atoms with Crippen LogP contribution >= 0.6 is 0 Å². The zero-order valence-corrected chi connectivity index (χ0v) is 19.8. The molecule has 1 saturated heterocycles. The topological polar surface area (TPSA) is 83.1 Å². The molecule has 8 heteroatoms. The van der Waals surface area contributed by atoms with E-state index in [2.05, 4.69) is 51.0 Å². The Kier molecular flexibility index (Phi) is 6.22. The van der Waals surface area contributed by atoms with Gasteiger partial charge in [0.1, 0.15) is 11.6 Å². The Morgan fingerprint density at radius 3 is 2.59 bits per heavy atom. The van der Waals surface area contributed by atoms with Gasteiger partial charge in [0.2, 0.25) is 0 Å². The fourth-order valence-electron chi connectivity index (χ4n) is 4.36. The molecule has 8 nitrogen and oxygen atoms in total. The van der Waals surface area contributed by atoms with Gasteiger partial charge in [-0.2, -0.15) is 5.10 Å². The molecule has 0 radical (unpaired) electrons. The summed E-state index contributed by atoms with van der Waals surface area (Å²) in [7, 11) is 1.68. The van der Waals surface area contributed by atoms with Crippen LogP contribution in [-0.4, -0.2) is 69.9 Å². The third-order valence-electron chi connectivity index (χ3n) is 6.27. The number of aromatic amines is 1. The van der Waals surface area contributed by atoms with E-state index in [1.165, 1.54) is 0 Å². The van der Waals surface area contributed by atoms with Gasteiger partial charge in [-0.15, -0.1) is 0 Å². The molecule has 4 heterocycles. The largest absolute Gasteiger partial charge is 0.497 e. The van der Waals surface area contributed by atoms with E-state index in [9.17, 15) is 0 Å². The molecule has 1 aliphatic heterocycles. The summed E-state index contributed by atoms with van der Waals surface area (Å²) in [5, 5.41) is 7.54. The first kappa shape index (κ1) is 22.0. The number of piperazine rings is 1. The van der Waals surface area contributed by atoms with Crippen molar-refractivity contribution in [1.82, 2.24) is 30.0 Å². The summed E-state index contributed by atoms with van der Waals surface area (Å²) >= 11 is 0. The van der Waals surface area contributed by atoms with Crippen molar-refractivity contribution < 1.29 is 4.74 Å². The Morgan fingerprint density at radius 2 is 1.85 bits per heavy atom. The summed E-state index contributed by atoms with van der Waals surface area (Å²) < 4.78 is 5.50. The van der Waals surface area contributed by atoms with Gasteiger partial charge >= 0.3 is 0 Å². The molecule has 1 aliphatic rings. The molecule has 0 spiro atoms. The van der Waals surface area contributed by atoms with Crippen LogP contribution in [0.15, 0.2) is 55.0 Å². The number of nitrogens with one attached hydrogen (secondary N) is 1. The van der Waals surface area contributed by atoms with Gasteiger partial charge in [0, 0.05) is 61.3 Å². The number of nitrogens with zero attached hydrogens (tertiary/aromatic N) is 6. The number of methoxy groups -OCH3 is 1. The molecule has 0 unspecified atom stereocenters. The third kappa shape index (κ3) is 4.49. The minimum absolute atomic E-state index is 0.660. The number of ether oxygens (including phenoxy) is 1. The Morgan fingerprint density at radius 1 is 1.00 bits per heavy atom. The van der Waals surface area contributed by atoms with Gasteiger partial charge in [-0.05, 0) is 49.4 Å². The molecule has 0 atom stereocenters. The van der Waals surface area contributed by atoms with Gasteiger partial charge in [0.05, 0.1) is 24.7 Å². The van der Waals surface area contributed by atoms with Gasteiger partial charge in [-0.25, -0.2) is 9.97 Å². The first-order valence-corrected chi connectivity index (χ1v) is 11.6. The maximum atomic E-state index is 5.50. The lowest BCUT2D eigenvalue weighted by molar-refractivity contribution is 0.270. The van der Waals surface area contributed by atoms with Crippen molar-refractivity contribution in [2.24, 2.45) is 0 Å². The SMILES string of the molecule is CCN1CCN(c2cc(-c3cn[nH]c3-c3cc(C)cc(OC)c3)nc(-c3cccnc3)n2)CC1. The summed E-state index contributed by atoms with van der Waals surface area (Å²) in [6, 6.07) is 12.1. The molecular weight excluding hydrogens is 426 g/mol. The van der Waals surface area contributed by atoms with Gasteiger partial charge in [-0.1, -0.05) is 6.92 Å². The molecule has 1 fully saturated rings. The standard InChI is InChI=1S/C26H29N7O/c1-4-32-8-10-33(11-9-32)24-15-23(29-26(30-24)19-6-5-7-27-16-19)22-17-28-31-25(22)20-12-18(2)13-21(14-20)34-3/h5-7,12-17H,4,8-11H2,1-3H3,(H,28,31). The fraction of sp³-hybridized carbons (Fsp3) is 0.308. The van der Waals surface area contributed by atoms with Crippen molar-refractivity contribution >= 4 is 5.82 Å². The minimum atomic E-state index is 0.660. The molecule has 34 heavy (non-hydrogen) atoms. The Balaban J connectivity index is 1.60. The summed E-state index contributed by atoms with van der Waals surface area (Å²) in [6.45, 7) is 9.26. The Labute approximate surface area is 199 Å². The van der Waals surface area contributed by atoms with Crippen LogP contribution in [-0.2, 0) is 0 Å². The minimum Gasteiger partial charge on any atom is -0.497 e. The lowest BCUT2D eigenvalue weighted by Gasteiger charge is -2.35. The number of hydrogen-bond acceptors (Lipinski definition) is 7. The summed E-state index contributed by atoms with van der Waals surface area (Å²) in [5.41, 5.74) is 5.66. The van der Waals surface area contributed by atoms with Crippen LogP contribution in [0.3, 0.4) is 0 Å². The molecule has 1 N–H and O–H groups in total. The smallest absolute Gasteiger partial charge is 0.163 e. The maximum absolute atomic E-state index is 5.50. The van der Waals surface area contributed by atoms with Crippen LogP contribution < -0.4 is 9.64 Å². The third-order valence-corrected chi connectivity index (χ3v) is 6.27.